The largest absolute Gasteiger partial charge is 0.345 e. The Bertz CT molecular complexity index is 869. The predicted molar refractivity (Wildman–Crippen MR) is 101 cm³/mol. The van der Waals surface area contributed by atoms with Gasteiger partial charge in [-0.05, 0) is 69.7 Å². The summed E-state index contributed by atoms with van der Waals surface area (Å²) in [6.07, 6.45) is 6.97. The van der Waals surface area contributed by atoms with Gasteiger partial charge in [0.25, 0.3) is 11.8 Å². The van der Waals surface area contributed by atoms with Gasteiger partial charge in [0, 0.05) is 23.0 Å². The van der Waals surface area contributed by atoms with Gasteiger partial charge in [-0.3, -0.25) is 14.6 Å². The molecule has 1 unspecified atom stereocenters. The average molecular weight is 364 g/mol. The van der Waals surface area contributed by atoms with Crippen LogP contribution in [-0.4, -0.2) is 32.9 Å². The molecule has 0 radical (unpaired) electrons. The van der Waals surface area contributed by atoms with Gasteiger partial charge < -0.3 is 10.6 Å². The van der Waals surface area contributed by atoms with Gasteiger partial charge in [-0.1, -0.05) is 12.1 Å². The third kappa shape index (κ3) is 3.56. The van der Waals surface area contributed by atoms with Crippen molar-refractivity contribution in [3.8, 4) is 0 Å². The third-order valence-electron chi connectivity index (χ3n) is 5.85. The van der Waals surface area contributed by atoms with Crippen LogP contribution >= 0.6 is 0 Å². The molecule has 0 aliphatic heterocycles. The smallest absolute Gasteiger partial charge is 0.270 e. The number of aromatic nitrogens is 2. The van der Waals surface area contributed by atoms with Crippen LogP contribution < -0.4 is 10.6 Å². The quantitative estimate of drug-likeness (QED) is 0.874. The number of fused-ring (bicyclic) bond motifs is 2. The van der Waals surface area contributed by atoms with Gasteiger partial charge in [-0.15, -0.1) is 0 Å². The molecule has 2 aliphatic carbocycles. The fourth-order valence-corrected chi connectivity index (χ4v) is 4.61. The van der Waals surface area contributed by atoms with Crippen molar-refractivity contribution in [2.75, 3.05) is 0 Å². The van der Waals surface area contributed by atoms with Crippen LogP contribution in [0.25, 0.3) is 0 Å². The van der Waals surface area contributed by atoms with Crippen LogP contribution in [0.15, 0.2) is 42.6 Å². The maximum Gasteiger partial charge on any atom is 0.270 e. The van der Waals surface area contributed by atoms with E-state index in [9.17, 15) is 9.59 Å². The minimum Gasteiger partial charge on any atom is -0.345 e. The number of amides is 2. The number of carbonyl (C=O) groups excluding carboxylic acids is 2. The van der Waals surface area contributed by atoms with Crippen LogP contribution in [-0.2, 0) is 0 Å². The molecular weight excluding hydrogens is 340 g/mol. The van der Waals surface area contributed by atoms with E-state index in [0.29, 0.717) is 11.4 Å². The van der Waals surface area contributed by atoms with Crippen LogP contribution in [0.4, 0.5) is 0 Å². The van der Waals surface area contributed by atoms with E-state index in [4.69, 9.17) is 0 Å². The van der Waals surface area contributed by atoms with Gasteiger partial charge in [-0.25, -0.2) is 4.98 Å². The number of hydrogen-bond donors (Lipinski definition) is 2. The fraction of sp³-hybridized carbons (Fsp3) is 0.429. The summed E-state index contributed by atoms with van der Waals surface area (Å²) >= 11 is 0. The van der Waals surface area contributed by atoms with E-state index in [1.807, 2.05) is 25.1 Å². The van der Waals surface area contributed by atoms with E-state index in [1.54, 1.807) is 24.4 Å². The summed E-state index contributed by atoms with van der Waals surface area (Å²) in [5.41, 5.74) is 1.18. The van der Waals surface area contributed by atoms with Crippen LogP contribution in [0.2, 0.25) is 0 Å². The highest BCUT2D eigenvalue weighted by Crippen LogP contribution is 2.48. The molecule has 2 saturated carbocycles. The summed E-state index contributed by atoms with van der Waals surface area (Å²) in [7, 11) is 0. The van der Waals surface area contributed by atoms with Crippen LogP contribution in [0.1, 0.15) is 65.2 Å². The van der Waals surface area contributed by atoms with E-state index in [0.717, 1.165) is 44.2 Å². The molecule has 0 saturated heterocycles. The Morgan fingerprint density at radius 2 is 1.56 bits per heavy atom. The average Bonchev–Trinajstić information content (AvgIpc) is 2.92. The van der Waals surface area contributed by atoms with Gasteiger partial charge in [-0.2, -0.15) is 0 Å². The summed E-state index contributed by atoms with van der Waals surface area (Å²) in [6.45, 7) is 1.88. The van der Waals surface area contributed by atoms with Gasteiger partial charge in [0.2, 0.25) is 0 Å². The van der Waals surface area contributed by atoms with Crippen molar-refractivity contribution in [1.29, 1.82) is 0 Å². The molecule has 2 aromatic heterocycles. The molecule has 0 aromatic carbocycles. The zero-order valence-corrected chi connectivity index (χ0v) is 15.5. The Morgan fingerprint density at radius 1 is 0.889 bits per heavy atom. The van der Waals surface area contributed by atoms with Gasteiger partial charge >= 0.3 is 0 Å². The maximum atomic E-state index is 12.7. The number of carbonyl (C=O) groups is 2. The molecule has 2 heterocycles. The van der Waals surface area contributed by atoms with E-state index < -0.39 is 0 Å². The molecule has 2 fully saturated rings. The fourth-order valence-electron chi connectivity index (χ4n) is 4.61. The monoisotopic (exact) mass is 364 g/mol. The number of rotatable bonds is 4. The van der Waals surface area contributed by atoms with E-state index >= 15 is 0 Å². The second kappa shape index (κ2) is 6.76. The standard InChI is InChI=1S/C21H24N4O2/c1-15-6-4-8-17(23-15)19(27)25-21-10-5-9-20(14-21,11-12-21)24-18(26)16-7-2-3-13-22-16/h2-4,6-8,13H,5,9-12,14H2,1H3,(H,24,26)(H,25,27)/t20?,21-/m0/s1. The Morgan fingerprint density at radius 3 is 2.19 bits per heavy atom. The SMILES string of the molecule is Cc1cccc(C(=O)N[C@@]23CCCC(NC(=O)c4ccccn4)(CC2)C3)n1. The van der Waals surface area contributed by atoms with Crippen molar-refractivity contribution in [3.63, 3.8) is 0 Å². The van der Waals surface area contributed by atoms with Crippen molar-refractivity contribution in [1.82, 2.24) is 20.6 Å². The van der Waals surface area contributed by atoms with Gasteiger partial charge in [0.15, 0.2) is 0 Å². The molecule has 4 rings (SSSR count). The highest BCUT2D eigenvalue weighted by atomic mass is 16.2. The van der Waals surface area contributed by atoms with Gasteiger partial charge in [0.1, 0.15) is 11.4 Å². The highest BCUT2D eigenvalue weighted by molar-refractivity contribution is 5.93. The molecule has 6 heteroatoms. The van der Waals surface area contributed by atoms with E-state index in [-0.39, 0.29) is 22.9 Å². The van der Waals surface area contributed by atoms with Crippen molar-refractivity contribution < 1.29 is 9.59 Å². The lowest BCUT2D eigenvalue weighted by Gasteiger charge is -2.40. The molecule has 2 aliphatic rings. The number of hydrogen-bond acceptors (Lipinski definition) is 4. The number of nitrogens with one attached hydrogen (secondary N) is 2. The zero-order chi connectivity index (χ0) is 18.9. The van der Waals surface area contributed by atoms with E-state index in [1.165, 1.54) is 0 Å². The number of aryl methyl sites for hydroxylation is 1. The molecular formula is C21H24N4O2. The molecule has 2 aromatic rings. The molecule has 2 amide bonds. The number of pyridine rings is 2. The lowest BCUT2D eigenvalue weighted by atomic mass is 9.78. The predicted octanol–water partition coefficient (Wildman–Crippen LogP) is 2.79. The topological polar surface area (TPSA) is 84.0 Å². The summed E-state index contributed by atoms with van der Waals surface area (Å²) in [5.74, 6) is -0.271. The Kier molecular flexibility index (Phi) is 4.42. The number of nitrogens with zero attached hydrogens (tertiary/aromatic N) is 2. The molecule has 2 bridgehead atoms. The first-order valence-electron chi connectivity index (χ1n) is 9.49. The lowest BCUT2D eigenvalue weighted by molar-refractivity contribution is 0.0827. The van der Waals surface area contributed by atoms with E-state index in [2.05, 4.69) is 20.6 Å². The first-order valence-corrected chi connectivity index (χ1v) is 9.49. The van der Waals surface area contributed by atoms with Crippen molar-refractivity contribution in [3.05, 3.63) is 59.7 Å². The molecule has 0 spiro atoms. The second-order valence-electron chi connectivity index (χ2n) is 7.88. The molecule has 27 heavy (non-hydrogen) atoms. The summed E-state index contributed by atoms with van der Waals surface area (Å²) in [6, 6.07) is 10.8. The Labute approximate surface area is 158 Å². The summed E-state index contributed by atoms with van der Waals surface area (Å²) in [4.78, 5) is 33.8. The van der Waals surface area contributed by atoms with Crippen molar-refractivity contribution in [2.24, 2.45) is 0 Å². The van der Waals surface area contributed by atoms with Gasteiger partial charge in [0.05, 0.1) is 0 Å². The second-order valence-corrected chi connectivity index (χ2v) is 7.88. The lowest BCUT2D eigenvalue weighted by Crippen LogP contribution is -2.55. The molecule has 6 nitrogen and oxygen atoms in total. The van der Waals surface area contributed by atoms with Crippen molar-refractivity contribution in [2.45, 2.75) is 56.5 Å². The zero-order valence-electron chi connectivity index (χ0n) is 15.5. The minimum atomic E-state index is -0.266. The van der Waals surface area contributed by atoms with Crippen molar-refractivity contribution >= 4 is 11.8 Å². The van der Waals surface area contributed by atoms with Crippen LogP contribution in [0.3, 0.4) is 0 Å². The summed E-state index contributed by atoms with van der Waals surface area (Å²) in [5, 5.41) is 6.46. The minimum absolute atomic E-state index is 0.132. The van der Waals surface area contributed by atoms with Crippen LogP contribution in [0, 0.1) is 6.92 Å². The molecule has 2 N–H and O–H groups in total. The maximum absolute atomic E-state index is 12.7. The molecule has 2 atom stereocenters. The summed E-state index contributed by atoms with van der Waals surface area (Å²) < 4.78 is 0. The first kappa shape index (κ1) is 17.6. The Balaban J connectivity index is 1.48. The highest BCUT2D eigenvalue weighted by Gasteiger charge is 2.52. The molecule has 140 valence electrons. The normalized spacial score (nSPS) is 26.4. The first-order chi connectivity index (χ1) is 13.0. The van der Waals surface area contributed by atoms with Crippen LogP contribution in [0.5, 0.6) is 0 Å². The third-order valence-corrected chi connectivity index (χ3v) is 5.85. The Hall–Kier alpha value is -2.76.